The molecule has 0 aromatic carbocycles. The third-order valence-electron chi connectivity index (χ3n) is 5.03. The van der Waals surface area contributed by atoms with E-state index in [9.17, 15) is 10.1 Å². The van der Waals surface area contributed by atoms with E-state index >= 15 is 0 Å². The molecule has 124 valence electrons. The van der Waals surface area contributed by atoms with E-state index in [4.69, 9.17) is 9.15 Å². The molecule has 1 aromatic rings. The van der Waals surface area contributed by atoms with Gasteiger partial charge in [-0.05, 0) is 44.6 Å². The summed E-state index contributed by atoms with van der Waals surface area (Å²) in [6.45, 7) is 3.35. The SMILES string of the molecule is CCCc1occc1C(=O)N1CCC[C@@]2(CCCCO2)[C@@H]1C#N. The number of likely N-dealkylation sites (tertiary alicyclic amines) is 1. The highest BCUT2D eigenvalue weighted by molar-refractivity contribution is 5.95. The van der Waals surface area contributed by atoms with Gasteiger partial charge in [0.1, 0.15) is 17.4 Å². The minimum absolute atomic E-state index is 0.0954. The second-order valence-corrected chi connectivity index (χ2v) is 6.51. The molecule has 3 heterocycles. The van der Waals surface area contributed by atoms with Crippen LogP contribution in [0.3, 0.4) is 0 Å². The van der Waals surface area contributed by atoms with Crippen LogP contribution in [-0.2, 0) is 11.2 Å². The first kappa shape index (κ1) is 16.1. The highest BCUT2D eigenvalue weighted by atomic mass is 16.5. The summed E-state index contributed by atoms with van der Waals surface area (Å²) in [7, 11) is 0. The van der Waals surface area contributed by atoms with Crippen LogP contribution in [0.5, 0.6) is 0 Å². The van der Waals surface area contributed by atoms with Crippen molar-refractivity contribution in [2.24, 2.45) is 0 Å². The van der Waals surface area contributed by atoms with Crippen molar-refractivity contribution in [3.8, 4) is 6.07 Å². The van der Waals surface area contributed by atoms with Crippen LogP contribution in [0.1, 0.15) is 61.6 Å². The molecule has 3 rings (SSSR count). The van der Waals surface area contributed by atoms with Crippen molar-refractivity contribution >= 4 is 5.91 Å². The Morgan fingerprint density at radius 2 is 2.26 bits per heavy atom. The van der Waals surface area contributed by atoms with Gasteiger partial charge in [0.25, 0.3) is 5.91 Å². The smallest absolute Gasteiger partial charge is 0.258 e. The van der Waals surface area contributed by atoms with Crippen molar-refractivity contribution < 1.29 is 13.9 Å². The molecule has 1 spiro atoms. The maximum atomic E-state index is 13.0. The van der Waals surface area contributed by atoms with Crippen LogP contribution >= 0.6 is 0 Å². The summed E-state index contributed by atoms with van der Waals surface area (Å²) >= 11 is 0. The standard InChI is InChI=1S/C18H24N2O3/c1-2-6-15-14(7-12-22-15)17(21)20-10-5-9-18(16(20)13-19)8-3-4-11-23-18/h7,12,16H,2-6,8-11H2,1H3/t16-,18-/m0/s1. The van der Waals surface area contributed by atoms with E-state index in [0.29, 0.717) is 18.7 Å². The summed E-state index contributed by atoms with van der Waals surface area (Å²) in [5.41, 5.74) is 0.121. The van der Waals surface area contributed by atoms with Gasteiger partial charge in [0, 0.05) is 19.6 Å². The minimum Gasteiger partial charge on any atom is -0.469 e. The first-order chi connectivity index (χ1) is 11.2. The van der Waals surface area contributed by atoms with Crippen LogP contribution in [0.15, 0.2) is 16.7 Å². The molecule has 0 aliphatic carbocycles. The number of nitriles is 1. The third kappa shape index (κ3) is 2.88. The molecule has 5 heteroatoms. The number of hydrogen-bond donors (Lipinski definition) is 0. The Labute approximate surface area is 137 Å². The van der Waals surface area contributed by atoms with Crippen LogP contribution in [0.4, 0.5) is 0 Å². The summed E-state index contributed by atoms with van der Waals surface area (Å²) in [5.74, 6) is 0.625. The number of carbonyl (C=O) groups is 1. The Morgan fingerprint density at radius 1 is 1.43 bits per heavy atom. The van der Waals surface area contributed by atoms with Gasteiger partial charge in [-0.25, -0.2) is 0 Å². The summed E-state index contributed by atoms with van der Waals surface area (Å²) in [5, 5.41) is 9.75. The van der Waals surface area contributed by atoms with E-state index in [1.807, 2.05) is 0 Å². The summed E-state index contributed by atoms with van der Waals surface area (Å²) in [6.07, 6.45) is 7.93. The number of amides is 1. The van der Waals surface area contributed by atoms with Gasteiger partial charge in [-0.1, -0.05) is 6.92 Å². The molecule has 2 fully saturated rings. The largest absolute Gasteiger partial charge is 0.469 e. The van der Waals surface area contributed by atoms with Crippen molar-refractivity contribution in [3.63, 3.8) is 0 Å². The summed E-state index contributed by atoms with van der Waals surface area (Å²) in [4.78, 5) is 14.7. The predicted molar refractivity (Wildman–Crippen MR) is 84.9 cm³/mol. The zero-order chi connectivity index (χ0) is 16.3. The molecular formula is C18H24N2O3. The fourth-order valence-corrected chi connectivity index (χ4v) is 3.90. The number of aryl methyl sites for hydroxylation is 1. The average molecular weight is 316 g/mol. The number of piperidine rings is 1. The van der Waals surface area contributed by atoms with Crippen molar-refractivity contribution in [1.29, 1.82) is 5.26 Å². The molecule has 2 aliphatic rings. The van der Waals surface area contributed by atoms with Gasteiger partial charge in [0.05, 0.1) is 17.9 Å². The first-order valence-electron chi connectivity index (χ1n) is 8.63. The highest BCUT2D eigenvalue weighted by Gasteiger charge is 2.48. The molecule has 1 aromatic heterocycles. The third-order valence-corrected chi connectivity index (χ3v) is 5.03. The van der Waals surface area contributed by atoms with Crippen LogP contribution < -0.4 is 0 Å². The van der Waals surface area contributed by atoms with Gasteiger partial charge in [-0.3, -0.25) is 4.79 Å². The van der Waals surface area contributed by atoms with E-state index in [1.54, 1.807) is 17.2 Å². The quantitative estimate of drug-likeness (QED) is 0.858. The zero-order valence-electron chi connectivity index (χ0n) is 13.7. The molecule has 0 N–H and O–H groups in total. The number of ether oxygens (including phenoxy) is 1. The lowest BCUT2D eigenvalue weighted by molar-refractivity contribution is -0.128. The molecule has 5 nitrogen and oxygen atoms in total. The van der Waals surface area contributed by atoms with Crippen molar-refractivity contribution in [2.75, 3.05) is 13.2 Å². The molecule has 1 amide bonds. The van der Waals surface area contributed by atoms with Gasteiger partial charge in [-0.2, -0.15) is 5.26 Å². The molecule has 2 saturated heterocycles. The molecule has 2 atom stereocenters. The van der Waals surface area contributed by atoms with Gasteiger partial charge in [0.15, 0.2) is 0 Å². The molecule has 0 unspecified atom stereocenters. The van der Waals surface area contributed by atoms with E-state index < -0.39 is 11.6 Å². The second kappa shape index (κ2) is 6.76. The number of nitrogens with zero attached hydrogens (tertiary/aromatic N) is 2. The summed E-state index contributed by atoms with van der Waals surface area (Å²) < 4.78 is 11.5. The predicted octanol–water partition coefficient (Wildman–Crippen LogP) is 3.30. The Hall–Kier alpha value is -1.80. The van der Waals surface area contributed by atoms with Gasteiger partial charge in [0.2, 0.25) is 0 Å². The molecule has 2 aliphatic heterocycles. The minimum atomic E-state index is -0.506. The van der Waals surface area contributed by atoms with Crippen molar-refractivity contribution in [3.05, 3.63) is 23.7 Å². The zero-order valence-corrected chi connectivity index (χ0v) is 13.7. The van der Waals surface area contributed by atoms with Gasteiger partial charge < -0.3 is 14.1 Å². The highest BCUT2D eigenvalue weighted by Crippen LogP contribution is 2.39. The molecule has 0 radical (unpaired) electrons. The molecular weight excluding hydrogens is 292 g/mol. The number of furan rings is 1. The monoisotopic (exact) mass is 316 g/mol. The van der Waals surface area contributed by atoms with E-state index in [0.717, 1.165) is 50.7 Å². The van der Waals surface area contributed by atoms with E-state index in [1.165, 1.54) is 0 Å². The van der Waals surface area contributed by atoms with Crippen molar-refractivity contribution in [2.45, 2.75) is 63.5 Å². The lowest BCUT2D eigenvalue weighted by Crippen LogP contribution is -2.60. The van der Waals surface area contributed by atoms with Gasteiger partial charge >= 0.3 is 0 Å². The van der Waals surface area contributed by atoms with Crippen molar-refractivity contribution in [1.82, 2.24) is 4.90 Å². The fourth-order valence-electron chi connectivity index (χ4n) is 3.90. The second-order valence-electron chi connectivity index (χ2n) is 6.51. The Bertz CT molecular complexity index is 590. The molecule has 0 bridgehead atoms. The average Bonchev–Trinajstić information content (AvgIpc) is 3.03. The Kier molecular flexibility index (Phi) is 4.72. The summed E-state index contributed by atoms with van der Waals surface area (Å²) in [6, 6.07) is 3.58. The van der Waals surface area contributed by atoms with E-state index in [2.05, 4.69) is 13.0 Å². The van der Waals surface area contributed by atoms with Crippen LogP contribution in [-0.4, -0.2) is 35.6 Å². The van der Waals surface area contributed by atoms with E-state index in [-0.39, 0.29) is 5.91 Å². The Morgan fingerprint density at radius 3 is 2.96 bits per heavy atom. The number of rotatable bonds is 3. The van der Waals surface area contributed by atoms with Crippen LogP contribution in [0, 0.1) is 11.3 Å². The number of hydrogen-bond acceptors (Lipinski definition) is 4. The lowest BCUT2D eigenvalue weighted by atomic mass is 9.79. The first-order valence-corrected chi connectivity index (χ1v) is 8.63. The number of carbonyl (C=O) groups excluding carboxylic acids is 1. The van der Waals surface area contributed by atoms with Gasteiger partial charge in [-0.15, -0.1) is 0 Å². The fraction of sp³-hybridized carbons (Fsp3) is 0.667. The molecule has 23 heavy (non-hydrogen) atoms. The lowest BCUT2D eigenvalue weighted by Gasteiger charge is -2.48. The molecule has 0 saturated carbocycles. The van der Waals surface area contributed by atoms with Crippen LogP contribution in [0.2, 0.25) is 0 Å². The maximum Gasteiger partial charge on any atom is 0.258 e. The normalized spacial score (nSPS) is 27.8. The maximum absolute atomic E-state index is 13.0. The Balaban J connectivity index is 1.87. The topological polar surface area (TPSA) is 66.5 Å². The van der Waals surface area contributed by atoms with Crippen LogP contribution in [0.25, 0.3) is 0 Å².